The third kappa shape index (κ3) is 3.97. The van der Waals surface area contributed by atoms with E-state index in [2.05, 4.69) is 10.4 Å². The SMILES string of the molecule is CS(=O)Cc1cccc(C(=O)Nc2ccc(-n3cccn3)cc2)c1. The average Bonchev–Trinajstić information content (AvgIpc) is 3.09. The van der Waals surface area contributed by atoms with Crippen LogP contribution in [-0.2, 0) is 16.6 Å². The summed E-state index contributed by atoms with van der Waals surface area (Å²) in [5.74, 6) is 0.255. The highest BCUT2D eigenvalue weighted by Crippen LogP contribution is 2.15. The molecule has 1 unspecified atom stereocenters. The molecule has 1 atom stereocenters. The van der Waals surface area contributed by atoms with Gasteiger partial charge in [0.1, 0.15) is 0 Å². The third-order valence-electron chi connectivity index (χ3n) is 3.45. The predicted octanol–water partition coefficient (Wildman–Crippen LogP) is 3.00. The van der Waals surface area contributed by atoms with E-state index in [4.69, 9.17) is 0 Å². The van der Waals surface area contributed by atoms with Gasteiger partial charge in [0.15, 0.2) is 0 Å². The maximum Gasteiger partial charge on any atom is 0.255 e. The second kappa shape index (κ2) is 7.23. The van der Waals surface area contributed by atoms with Gasteiger partial charge in [0.2, 0.25) is 0 Å². The van der Waals surface area contributed by atoms with Gasteiger partial charge in [-0.3, -0.25) is 9.00 Å². The summed E-state index contributed by atoms with van der Waals surface area (Å²) >= 11 is 0. The molecule has 0 spiro atoms. The minimum Gasteiger partial charge on any atom is -0.322 e. The van der Waals surface area contributed by atoms with Crippen LogP contribution in [0.25, 0.3) is 5.69 Å². The first-order valence-electron chi connectivity index (χ1n) is 7.42. The van der Waals surface area contributed by atoms with Gasteiger partial charge in [-0.05, 0) is 48.0 Å². The lowest BCUT2D eigenvalue weighted by Crippen LogP contribution is -2.12. The van der Waals surface area contributed by atoms with Crippen molar-refractivity contribution in [3.8, 4) is 5.69 Å². The smallest absolute Gasteiger partial charge is 0.255 e. The van der Waals surface area contributed by atoms with Gasteiger partial charge in [0, 0.05) is 46.5 Å². The van der Waals surface area contributed by atoms with E-state index in [9.17, 15) is 9.00 Å². The Labute approximate surface area is 142 Å². The van der Waals surface area contributed by atoms with Crippen molar-refractivity contribution in [2.24, 2.45) is 0 Å². The van der Waals surface area contributed by atoms with Crippen LogP contribution in [0.1, 0.15) is 15.9 Å². The number of hydrogen-bond donors (Lipinski definition) is 1. The molecule has 0 bridgehead atoms. The molecule has 2 aromatic carbocycles. The maximum absolute atomic E-state index is 12.4. The zero-order valence-corrected chi connectivity index (χ0v) is 14.0. The summed E-state index contributed by atoms with van der Waals surface area (Å²) in [4.78, 5) is 12.4. The minimum atomic E-state index is -0.933. The van der Waals surface area contributed by atoms with Crippen LogP contribution in [0.2, 0.25) is 0 Å². The van der Waals surface area contributed by atoms with Crippen LogP contribution in [0.4, 0.5) is 5.69 Å². The largest absolute Gasteiger partial charge is 0.322 e. The summed E-state index contributed by atoms with van der Waals surface area (Å²) in [6.45, 7) is 0. The summed E-state index contributed by atoms with van der Waals surface area (Å²) in [6.07, 6.45) is 5.22. The highest BCUT2D eigenvalue weighted by atomic mass is 32.2. The minimum absolute atomic E-state index is 0.189. The molecule has 0 saturated carbocycles. The molecule has 1 amide bonds. The molecule has 0 aliphatic rings. The standard InChI is InChI=1S/C18H17N3O2S/c1-24(23)13-14-4-2-5-15(12-14)18(22)20-16-6-8-17(9-7-16)21-11-3-10-19-21/h2-12H,13H2,1H3,(H,20,22). The lowest BCUT2D eigenvalue weighted by atomic mass is 10.1. The van der Waals surface area contributed by atoms with Gasteiger partial charge in [0.25, 0.3) is 5.91 Å². The van der Waals surface area contributed by atoms with E-state index in [-0.39, 0.29) is 5.91 Å². The molecule has 122 valence electrons. The molecule has 1 N–H and O–H groups in total. The highest BCUT2D eigenvalue weighted by molar-refractivity contribution is 7.83. The summed E-state index contributed by atoms with van der Waals surface area (Å²) in [7, 11) is -0.933. The Hall–Kier alpha value is -2.73. The Kier molecular flexibility index (Phi) is 4.86. The molecular formula is C18H17N3O2S. The van der Waals surface area contributed by atoms with Crippen LogP contribution in [0, 0.1) is 0 Å². The Balaban J connectivity index is 1.71. The summed E-state index contributed by atoms with van der Waals surface area (Å²) in [5, 5.41) is 7.03. The lowest BCUT2D eigenvalue weighted by Gasteiger charge is -2.08. The van der Waals surface area contributed by atoms with Crippen LogP contribution in [0.15, 0.2) is 67.0 Å². The van der Waals surface area contributed by atoms with Crippen molar-refractivity contribution in [1.82, 2.24) is 9.78 Å². The molecule has 0 saturated heterocycles. The first kappa shape index (κ1) is 16.1. The van der Waals surface area contributed by atoms with Crippen molar-refractivity contribution >= 4 is 22.4 Å². The van der Waals surface area contributed by atoms with Crippen molar-refractivity contribution in [1.29, 1.82) is 0 Å². The molecule has 24 heavy (non-hydrogen) atoms. The predicted molar refractivity (Wildman–Crippen MR) is 95.7 cm³/mol. The van der Waals surface area contributed by atoms with E-state index >= 15 is 0 Å². The van der Waals surface area contributed by atoms with Crippen LogP contribution < -0.4 is 5.32 Å². The van der Waals surface area contributed by atoms with Crippen LogP contribution in [0.5, 0.6) is 0 Å². The normalized spacial score (nSPS) is 11.9. The molecular weight excluding hydrogens is 322 g/mol. The van der Waals surface area contributed by atoms with Crippen molar-refractivity contribution in [2.45, 2.75) is 5.75 Å². The zero-order valence-electron chi connectivity index (χ0n) is 13.2. The molecule has 0 aliphatic carbocycles. The monoisotopic (exact) mass is 339 g/mol. The summed E-state index contributed by atoms with van der Waals surface area (Å²) < 4.78 is 13.1. The second-order valence-electron chi connectivity index (χ2n) is 5.37. The fourth-order valence-electron chi connectivity index (χ4n) is 2.36. The molecule has 3 aromatic rings. The van der Waals surface area contributed by atoms with Gasteiger partial charge in [-0.25, -0.2) is 4.68 Å². The summed E-state index contributed by atoms with van der Waals surface area (Å²) in [6, 6.07) is 16.5. The molecule has 3 rings (SSSR count). The lowest BCUT2D eigenvalue weighted by molar-refractivity contribution is 0.102. The Morgan fingerprint density at radius 2 is 1.96 bits per heavy atom. The van der Waals surface area contributed by atoms with Gasteiger partial charge in [0.05, 0.1) is 5.69 Å². The fraction of sp³-hybridized carbons (Fsp3) is 0.111. The van der Waals surface area contributed by atoms with Crippen LogP contribution in [-0.4, -0.2) is 26.2 Å². The number of carbonyl (C=O) groups excluding carboxylic acids is 1. The number of carbonyl (C=O) groups is 1. The van der Waals surface area contributed by atoms with Crippen molar-refractivity contribution in [2.75, 3.05) is 11.6 Å². The van der Waals surface area contributed by atoms with Crippen molar-refractivity contribution in [3.63, 3.8) is 0 Å². The average molecular weight is 339 g/mol. The van der Waals surface area contributed by atoms with Crippen LogP contribution in [0.3, 0.4) is 0 Å². The molecule has 0 fully saturated rings. The first-order valence-corrected chi connectivity index (χ1v) is 9.15. The number of benzene rings is 2. The van der Waals surface area contributed by atoms with Gasteiger partial charge in [-0.15, -0.1) is 0 Å². The first-order chi connectivity index (χ1) is 11.6. The van der Waals surface area contributed by atoms with E-state index in [0.717, 1.165) is 11.3 Å². The number of anilines is 1. The molecule has 6 heteroatoms. The van der Waals surface area contributed by atoms with Gasteiger partial charge < -0.3 is 5.32 Å². The topological polar surface area (TPSA) is 64.0 Å². The molecule has 1 aromatic heterocycles. The van der Waals surface area contributed by atoms with E-state index < -0.39 is 10.8 Å². The fourth-order valence-corrected chi connectivity index (χ4v) is 3.01. The number of nitrogens with one attached hydrogen (secondary N) is 1. The van der Waals surface area contributed by atoms with Crippen molar-refractivity contribution in [3.05, 3.63) is 78.1 Å². The molecule has 0 radical (unpaired) electrons. The van der Waals surface area contributed by atoms with Gasteiger partial charge in [-0.1, -0.05) is 12.1 Å². The van der Waals surface area contributed by atoms with E-state index in [1.54, 1.807) is 35.3 Å². The zero-order chi connectivity index (χ0) is 16.9. The highest BCUT2D eigenvalue weighted by Gasteiger charge is 2.08. The van der Waals surface area contributed by atoms with E-state index in [1.807, 2.05) is 42.6 Å². The van der Waals surface area contributed by atoms with Crippen molar-refractivity contribution < 1.29 is 9.00 Å². The van der Waals surface area contributed by atoms with Gasteiger partial charge in [-0.2, -0.15) is 5.10 Å². The molecule has 0 aliphatic heterocycles. The van der Waals surface area contributed by atoms with Gasteiger partial charge >= 0.3 is 0 Å². The third-order valence-corrected chi connectivity index (χ3v) is 4.19. The van der Waals surface area contributed by atoms with E-state index in [0.29, 0.717) is 17.0 Å². The molecule has 5 nitrogen and oxygen atoms in total. The summed E-state index contributed by atoms with van der Waals surface area (Å²) in [5.41, 5.74) is 3.07. The number of aromatic nitrogens is 2. The number of nitrogens with zero attached hydrogens (tertiary/aromatic N) is 2. The Morgan fingerprint density at radius 1 is 1.17 bits per heavy atom. The Bertz CT molecular complexity index is 858. The number of amides is 1. The number of hydrogen-bond acceptors (Lipinski definition) is 3. The quantitative estimate of drug-likeness (QED) is 0.777. The Morgan fingerprint density at radius 3 is 2.62 bits per heavy atom. The second-order valence-corrected chi connectivity index (χ2v) is 6.80. The van der Waals surface area contributed by atoms with E-state index in [1.165, 1.54) is 0 Å². The number of rotatable bonds is 5. The maximum atomic E-state index is 12.4. The van der Waals surface area contributed by atoms with Crippen LogP contribution >= 0.6 is 0 Å². The molecule has 1 heterocycles.